The SMILES string of the molecule is COCCCCNc1ccc(Br)c(C(F)(F)F)c1. The third kappa shape index (κ3) is 4.86. The number of unbranched alkanes of at least 4 members (excludes halogenated alkanes) is 1. The standard InChI is InChI=1S/C12H15BrF3NO/c1-18-7-3-2-6-17-9-4-5-11(13)10(8-9)12(14,15)16/h4-5,8,17H,2-3,6-7H2,1H3. The van der Waals surface area contributed by atoms with Gasteiger partial charge >= 0.3 is 6.18 Å². The van der Waals surface area contributed by atoms with Gasteiger partial charge in [0, 0.05) is 30.4 Å². The molecule has 0 fully saturated rings. The molecule has 0 saturated carbocycles. The van der Waals surface area contributed by atoms with Gasteiger partial charge in [0.25, 0.3) is 0 Å². The predicted molar refractivity (Wildman–Crippen MR) is 68.7 cm³/mol. The van der Waals surface area contributed by atoms with E-state index in [0.717, 1.165) is 18.9 Å². The van der Waals surface area contributed by atoms with Gasteiger partial charge in [-0.25, -0.2) is 0 Å². The van der Waals surface area contributed by atoms with Gasteiger partial charge in [-0.1, -0.05) is 15.9 Å². The summed E-state index contributed by atoms with van der Waals surface area (Å²) in [5, 5.41) is 2.97. The Morgan fingerprint density at radius 2 is 2.00 bits per heavy atom. The van der Waals surface area contributed by atoms with Crippen LogP contribution in [0.25, 0.3) is 0 Å². The van der Waals surface area contributed by atoms with E-state index in [1.54, 1.807) is 13.2 Å². The van der Waals surface area contributed by atoms with Crippen molar-refractivity contribution in [2.75, 3.05) is 25.6 Å². The average Bonchev–Trinajstić information content (AvgIpc) is 2.29. The Morgan fingerprint density at radius 3 is 2.61 bits per heavy atom. The molecule has 0 saturated heterocycles. The lowest BCUT2D eigenvalue weighted by atomic mass is 10.2. The Labute approximate surface area is 113 Å². The molecule has 0 aliphatic heterocycles. The highest BCUT2D eigenvalue weighted by Gasteiger charge is 2.33. The summed E-state index contributed by atoms with van der Waals surface area (Å²) in [6.45, 7) is 1.29. The highest BCUT2D eigenvalue weighted by atomic mass is 79.9. The summed E-state index contributed by atoms with van der Waals surface area (Å²) in [5.74, 6) is 0. The molecule has 18 heavy (non-hydrogen) atoms. The van der Waals surface area contributed by atoms with Crippen molar-refractivity contribution < 1.29 is 17.9 Å². The molecule has 1 aromatic carbocycles. The van der Waals surface area contributed by atoms with Crippen molar-refractivity contribution >= 4 is 21.6 Å². The van der Waals surface area contributed by atoms with E-state index in [0.29, 0.717) is 18.8 Å². The fraction of sp³-hybridized carbons (Fsp3) is 0.500. The van der Waals surface area contributed by atoms with E-state index in [2.05, 4.69) is 21.2 Å². The van der Waals surface area contributed by atoms with Gasteiger partial charge in [-0.2, -0.15) is 13.2 Å². The summed E-state index contributed by atoms with van der Waals surface area (Å²) in [5.41, 5.74) is -0.188. The Kier molecular flexibility index (Phi) is 5.95. The topological polar surface area (TPSA) is 21.3 Å². The Hall–Kier alpha value is -0.750. The van der Waals surface area contributed by atoms with Crippen molar-refractivity contribution in [2.45, 2.75) is 19.0 Å². The van der Waals surface area contributed by atoms with Crippen molar-refractivity contribution in [1.82, 2.24) is 0 Å². The van der Waals surface area contributed by atoms with Crippen LogP contribution in [0.1, 0.15) is 18.4 Å². The molecular weight excluding hydrogens is 311 g/mol. The predicted octanol–water partition coefficient (Wildman–Crippen LogP) is 4.31. The van der Waals surface area contributed by atoms with Crippen molar-refractivity contribution in [2.24, 2.45) is 0 Å². The molecule has 0 heterocycles. The monoisotopic (exact) mass is 325 g/mol. The molecule has 0 atom stereocenters. The third-order valence-corrected chi connectivity index (χ3v) is 3.07. The summed E-state index contributed by atoms with van der Waals surface area (Å²) in [6, 6.07) is 4.14. The molecule has 2 nitrogen and oxygen atoms in total. The van der Waals surface area contributed by atoms with Crippen LogP contribution < -0.4 is 5.32 Å². The number of halogens is 4. The van der Waals surface area contributed by atoms with Crippen LogP contribution in [0.4, 0.5) is 18.9 Å². The molecule has 0 bridgehead atoms. The normalized spacial score (nSPS) is 11.6. The average molecular weight is 326 g/mol. The largest absolute Gasteiger partial charge is 0.417 e. The van der Waals surface area contributed by atoms with Crippen LogP contribution in [0, 0.1) is 0 Å². The molecule has 0 amide bonds. The van der Waals surface area contributed by atoms with Crippen LogP contribution in [0.2, 0.25) is 0 Å². The second-order valence-electron chi connectivity index (χ2n) is 3.82. The quantitative estimate of drug-likeness (QED) is 0.787. The van der Waals surface area contributed by atoms with E-state index in [1.165, 1.54) is 6.07 Å². The van der Waals surface area contributed by atoms with Gasteiger partial charge in [-0.3, -0.25) is 0 Å². The van der Waals surface area contributed by atoms with E-state index in [4.69, 9.17) is 4.74 Å². The van der Waals surface area contributed by atoms with E-state index in [1.807, 2.05) is 0 Å². The summed E-state index contributed by atoms with van der Waals surface area (Å²) >= 11 is 2.90. The van der Waals surface area contributed by atoms with Crippen LogP contribution in [-0.2, 0) is 10.9 Å². The third-order valence-electron chi connectivity index (χ3n) is 2.38. The number of methoxy groups -OCH3 is 1. The molecule has 0 spiro atoms. The molecule has 6 heteroatoms. The zero-order valence-corrected chi connectivity index (χ0v) is 11.6. The fourth-order valence-corrected chi connectivity index (χ4v) is 1.93. The highest BCUT2D eigenvalue weighted by Crippen LogP contribution is 2.36. The Bertz CT molecular complexity index is 382. The van der Waals surface area contributed by atoms with Crippen LogP contribution >= 0.6 is 15.9 Å². The number of rotatable bonds is 6. The maximum absolute atomic E-state index is 12.6. The molecule has 1 N–H and O–H groups in total. The molecule has 0 aliphatic rings. The minimum absolute atomic E-state index is 0.0555. The van der Waals surface area contributed by atoms with E-state index < -0.39 is 11.7 Å². The molecule has 1 rings (SSSR count). The number of benzene rings is 1. The number of hydrogen-bond acceptors (Lipinski definition) is 2. The lowest BCUT2D eigenvalue weighted by Gasteiger charge is -2.12. The molecule has 102 valence electrons. The van der Waals surface area contributed by atoms with E-state index in [-0.39, 0.29) is 4.47 Å². The maximum Gasteiger partial charge on any atom is 0.417 e. The fourth-order valence-electron chi connectivity index (χ4n) is 1.46. The van der Waals surface area contributed by atoms with Crippen LogP contribution in [-0.4, -0.2) is 20.3 Å². The number of hydrogen-bond donors (Lipinski definition) is 1. The van der Waals surface area contributed by atoms with Gasteiger partial charge in [0.1, 0.15) is 0 Å². The maximum atomic E-state index is 12.6. The zero-order valence-electron chi connectivity index (χ0n) is 9.98. The van der Waals surface area contributed by atoms with Crippen LogP contribution in [0.5, 0.6) is 0 Å². The molecular formula is C12H15BrF3NO. The molecule has 1 aromatic rings. The first kappa shape index (κ1) is 15.3. The van der Waals surface area contributed by atoms with Crippen LogP contribution in [0.15, 0.2) is 22.7 Å². The first-order valence-corrected chi connectivity index (χ1v) is 6.34. The van der Waals surface area contributed by atoms with Gasteiger partial charge in [0.15, 0.2) is 0 Å². The second kappa shape index (κ2) is 6.99. The van der Waals surface area contributed by atoms with Crippen molar-refractivity contribution in [1.29, 1.82) is 0 Å². The zero-order chi connectivity index (χ0) is 13.6. The molecule has 0 unspecified atom stereocenters. The van der Waals surface area contributed by atoms with Gasteiger partial charge in [-0.05, 0) is 31.0 Å². The number of alkyl halides is 3. The van der Waals surface area contributed by atoms with Gasteiger partial charge in [-0.15, -0.1) is 0 Å². The molecule has 0 radical (unpaired) electrons. The lowest BCUT2D eigenvalue weighted by Crippen LogP contribution is -2.08. The van der Waals surface area contributed by atoms with Crippen LogP contribution in [0.3, 0.4) is 0 Å². The first-order valence-electron chi connectivity index (χ1n) is 5.54. The second-order valence-corrected chi connectivity index (χ2v) is 4.67. The molecule has 0 aliphatic carbocycles. The summed E-state index contributed by atoms with van der Waals surface area (Å²) in [6.07, 6.45) is -2.61. The smallest absolute Gasteiger partial charge is 0.385 e. The van der Waals surface area contributed by atoms with Gasteiger partial charge in [0.05, 0.1) is 5.56 Å². The lowest BCUT2D eigenvalue weighted by molar-refractivity contribution is -0.138. The van der Waals surface area contributed by atoms with Crippen molar-refractivity contribution in [3.8, 4) is 0 Å². The summed E-state index contributed by atoms with van der Waals surface area (Å²) < 4.78 is 42.9. The van der Waals surface area contributed by atoms with E-state index in [9.17, 15) is 13.2 Å². The Balaban J connectivity index is 2.57. The highest BCUT2D eigenvalue weighted by molar-refractivity contribution is 9.10. The van der Waals surface area contributed by atoms with E-state index >= 15 is 0 Å². The van der Waals surface area contributed by atoms with Gasteiger partial charge in [0.2, 0.25) is 0 Å². The van der Waals surface area contributed by atoms with Crippen molar-refractivity contribution in [3.05, 3.63) is 28.2 Å². The minimum atomic E-state index is -4.34. The number of nitrogens with one attached hydrogen (secondary N) is 1. The Morgan fingerprint density at radius 1 is 1.28 bits per heavy atom. The van der Waals surface area contributed by atoms with Crippen molar-refractivity contribution in [3.63, 3.8) is 0 Å². The first-order chi connectivity index (χ1) is 8.45. The number of ether oxygens (including phenoxy) is 1. The summed E-state index contributed by atoms with van der Waals surface area (Å²) in [4.78, 5) is 0. The number of anilines is 1. The summed E-state index contributed by atoms with van der Waals surface area (Å²) in [7, 11) is 1.62. The molecule has 0 aromatic heterocycles. The minimum Gasteiger partial charge on any atom is -0.385 e. The van der Waals surface area contributed by atoms with Gasteiger partial charge < -0.3 is 10.1 Å².